The van der Waals surface area contributed by atoms with Crippen LogP contribution in [0.15, 0.2) is 48.5 Å². The second-order valence-electron chi connectivity index (χ2n) is 9.16. The second-order valence-corrected chi connectivity index (χ2v) is 9.16. The van der Waals surface area contributed by atoms with Crippen molar-refractivity contribution in [3.63, 3.8) is 0 Å². The SMILES string of the molecule is COc1ccc2c(c1)CCN(C(=O)N[C@@H](Cc1ccccc1)C(=O)N[C@@H](CC(C)C)B(O)O)C2. The molecule has 0 saturated heterocycles. The average molecular weight is 467 g/mol. The highest BCUT2D eigenvalue weighted by Crippen LogP contribution is 2.23. The molecule has 0 aromatic heterocycles. The summed E-state index contributed by atoms with van der Waals surface area (Å²) in [6.45, 7) is 4.84. The molecule has 0 spiro atoms. The number of rotatable bonds is 9. The number of hydrogen-bond donors (Lipinski definition) is 4. The lowest BCUT2D eigenvalue weighted by Crippen LogP contribution is -2.57. The van der Waals surface area contributed by atoms with Crippen molar-refractivity contribution in [3.05, 3.63) is 65.2 Å². The molecular weight excluding hydrogens is 433 g/mol. The molecular formula is C25H34BN3O5. The van der Waals surface area contributed by atoms with Gasteiger partial charge >= 0.3 is 13.1 Å². The summed E-state index contributed by atoms with van der Waals surface area (Å²) < 4.78 is 5.29. The molecule has 182 valence electrons. The first-order valence-electron chi connectivity index (χ1n) is 11.7. The Morgan fingerprint density at radius 2 is 1.82 bits per heavy atom. The van der Waals surface area contributed by atoms with Crippen LogP contribution in [0.2, 0.25) is 0 Å². The smallest absolute Gasteiger partial charge is 0.475 e. The molecule has 9 heteroatoms. The zero-order valence-electron chi connectivity index (χ0n) is 20.0. The van der Waals surface area contributed by atoms with E-state index in [1.165, 1.54) is 0 Å². The van der Waals surface area contributed by atoms with E-state index in [-0.39, 0.29) is 18.4 Å². The van der Waals surface area contributed by atoms with E-state index in [4.69, 9.17) is 4.74 Å². The lowest BCUT2D eigenvalue weighted by Gasteiger charge is -2.31. The fourth-order valence-corrected chi connectivity index (χ4v) is 4.18. The molecule has 2 aromatic rings. The number of fused-ring (bicyclic) bond motifs is 1. The molecule has 2 aromatic carbocycles. The molecule has 4 N–H and O–H groups in total. The van der Waals surface area contributed by atoms with Crippen LogP contribution in [0, 0.1) is 5.92 Å². The maximum atomic E-state index is 13.2. The molecule has 2 atom stereocenters. The number of hydrogen-bond acceptors (Lipinski definition) is 5. The minimum Gasteiger partial charge on any atom is -0.497 e. The highest BCUT2D eigenvalue weighted by Gasteiger charge is 2.31. The zero-order chi connectivity index (χ0) is 24.7. The van der Waals surface area contributed by atoms with Crippen molar-refractivity contribution in [2.24, 2.45) is 5.92 Å². The van der Waals surface area contributed by atoms with Crippen molar-refractivity contribution in [1.29, 1.82) is 0 Å². The Labute approximate surface area is 201 Å². The zero-order valence-corrected chi connectivity index (χ0v) is 20.0. The minimum atomic E-state index is -1.69. The Balaban J connectivity index is 1.72. The van der Waals surface area contributed by atoms with Crippen LogP contribution in [0.3, 0.4) is 0 Å². The molecule has 0 radical (unpaired) electrons. The van der Waals surface area contributed by atoms with Crippen LogP contribution >= 0.6 is 0 Å². The van der Waals surface area contributed by atoms with E-state index in [2.05, 4.69) is 10.6 Å². The fourth-order valence-electron chi connectivity index (χ4n) is 4.18. The summed E-state index contributed by atoms with van der Waals surface area (Å²) in [6.07, 6.45) is 1.39. The van der Waals surface area contributed by atoms with Gasteiger partial charge in [0, 0.05) is 19.5 Å². The number of urea groups is 1. The molecule has 3 amide bonds. The predicted octanol–water partition coefficient (Wildman–Crippen LogP) is 1.92. The van der Waals surface area contributed by atoms with Crippen LogP contribution in [0.1, 0.15) is 37.0 Å². The number of carbonyl (C=O) groups excluding carboxylic acids is 2. The predicted molar refractivity (Wildman–Crippen MR) is 131 cm³/mol. The van der Waals surface area contributed by atoms with E-state index < -0.39 is 25.0 Å². The van der Waals surface area contributed by atoms with E-state index in [0.29, 0.717) is 25.9 Å². The third-order valence-electron chi connectivity index (χ3n) is 6.02. The monoisotopic (exact) mass is 467 g/mol. The first kappa shape index (κ1) is 25.6. The number of nitrogens with zero attached hydrogens (tertiary/aromatic N) is 1. The lowest BCUT2D eigenvalue weighted by atomic mass is 9.75. The molecule has 1 aliphatic rings. The maximum Gasteiger partial charge on any atom is 0.475 e. The van der Waals surface area contributed by atoms with Gasteiger partial charge in [-0.1, -0.05) is 50.2 Å². The Bertz CT molecular complexity index is 970. The van der Waals surface area contributed by atoms with Crippen LogP contribution in [-0.4, -0.2) is 59.6 Å². The van der Waals surface area contributed by atoms with Gasteiger partial charge < -0.3 is 30.3 Å². The summed E-state index contributed by atoms with van der Waals surface area (Å²) in [4.78, 5) is 28.0. The van der Waals surface area contributed by atoms with Crippen molar-refractivity contribution < 1.29 is 24.4 Å². The number of ether oxygens (including phenoxy) is 1. The maximum absolute atomic E-state index is 13.2. The molecule has 0 fully saturated rings. The Morgan fingerprint density at radius 1 is 1.09 bits per heavy atom. The molecule has 34 heavy (non-hydrogen) atoms. The van der Waals surface area contributed by atoms with Crippen LogP contribution in [-0.2, 0) is 24.2 Å². The van der Waals surface area contributed by atoms with Crippen molar-refractivity contribution in [2.45, 2.75) is 51.6 Å². The van der Waals surface area contributed by atoms with Gasteiger partial charge in [0.2, 0.25) is 5.91 Å². The first-order valence-corrected chi connectivity index (χ1v) is 11.7. The van der Waals surface area contributed by atoms with Gasteiger partial charge in [-0.2, -0.15) is 0 Å². The summed E-state index contributed by atoms with van der Waals surface area (Å²) in [5.74, 6) is -0.322. The summed E-state index contributed by atoms with van der Waals surface area (Å²) in [5.41, 5.74) is 3.09. The number of amides is 3. The van der Waals surface area contributed by atoms with Gasteiger partial charge in [-0.25, -0.2) is 4.79 Å². The molecule has 0 bridgehead atoms. The number of carbonyl (C=O) groups is 2. The Hall–Kier alpha value is -3.04. The van der Waals surface area contributed by atoms with Crippen molar-refractivity contribution in [2.75, 3.05) is 13.7 Å². The van der Waals surface area contributed by atoms with Crippen LogP contribution in [0.4, 0.5) is 4.79 Å². The van der Waals surface area contributed by atoms with Crippen molar-refractivity contribution in [3.8, 4) is 5.75 Å². The lowest BCUT2D eigenvalue weighted by molar-refractivity contribution is -0.123. The summed E-state index contributed by atoms with van der Waals surface area (Å²) in [6, 6.07) is 14.1. The van der Waals surface area contributed by atoms with E-state index in [9.17, 15) is 19.6 Å². The number of nitrogens with one attached hydrogen (secondary N) is 2. The molecule has 0 saturated carbocycles. The molecule has 8 nitrogen and oxygen atoms in total. The summed E-state index contributed by atoms with van der Waals surface area (Å²) in [7, 11) is -0.0565. The molecule has 3 rings (SSSR count). The van der Waals surface area contributed by atoms with Crippen LogP contribution in [0.5, 0.6) is 5.75 Å². The van der Waals surface area contributed by atoms with Gasteiger partial charge in [-0.05, 0) is 47.6 Å². The highest BCUT2D eigenvalue weighted by molar-refractivity contribution is 6.43. The normalized spacial score (nSPS) is 14.7. The third kappa shape index (κ3) is 6.98. The van der Waals surface area contributed by atoms with E-state index >= 15 is 0 Å². The summed E-state index contributed by atoms with van der Waals surface area (Å²) in [5, 5.41) is 25.1. The number of methoxy groups -OCH3 is 1. The Morgan fingerprint density at radius 3 is 2.47 bits per heavy atom. The Kier molecular flexibility index (Phi) is 8.95. The van der Waals surface area contributed by atoms with Gasteiger partial charge in [-0.3, -0.25) is 4.79 Å². The quantitative estimate of drug-likeness (QED) is 0.421. The second kappa shape index (κ2) is 11.9. The van der Waals surface area contributed by atoms with E-state index in [0.717, 1.165) is 22.4 Å². The van der Waals surface area contributed by atoms with Gasteiger partial charge in [0.1, 0.15) is 11.8 Å². The highest BCUT2D eigenvalue weighted by atomic mass is 16.5. The van der Waals surface area contributed by atoms with Crippen LogP contribution in [0.25, 0.3) is 0 Å². The summed E-state index contributed by atoms with van der Waals surface area (Å²) >= 11 is 0. The van der Waals surface area contributed by atoms with Crippen molar-refractivity contribution in [1.82, 2.24) is 15.5 Å². The average Bonchev–Trinajstić information content (AvgIpc) is 2.82. The van der Waals surface area contributed by atoms with Crippen molar-refractivity contribution >= 4 is 19.1 Å². The minimum absolute atomic E-state index is 0.154. The molecule has 1 heterocycles. The van der Waals surface area contributed by atoms with Gasteiger partial charge in [-0.15, -0.1) is 0 Å². The molecule has 0 aliphatic carbocycles. The van der Waals surface area contributed by atoms with Gasteiger partial charge in [0.05, 0.1) is 13.1 Å². The number of benzene rings is 2. The van der Waals surface area contributed by atoms with Crippen LogP contribution < -0.4 is 15.4 Å². The van der Waals surface area contributed by atoms with E-state index in [1.54, 1.807) is 12.0 Å². The fraction of sp³-hybridized carbons (Fsp3) is 0.440. The molecule has 0 unspecified atom stereocenters. The van der Waals surface area contributed by atoms with E-state index in [1.807, 2.05) is 62.4 Å². The first-order chi connectivity index (χ1) is 16.3. The standard InChI is InChI=1S/C25H34BN3O5/c1-17(2)13-23(26(32)33)28-24(30)22(14-18-7-5-4-6-8-18)27-25(31)29-12-11-19-15-21(34-3)10-9-20(19)16-29/h4-10,15,17,22-23,32-33H,11-14,16H2,1-3H3,(H,27,31)(H,28,30)/t22-,23-/m0/s1. The van der Waals surface area contributed by atoms with Gasteiger partial charge in [0.25, 0.3) is 0 Å². The van der Waals surface area contributed by atoms with Gasteiger partial charge in [0.15, 0.2) is 0 Å². The topological polar surface area (TPSA) is 111 Å². The molecule has 1 aliphatic heterocycles. The largest absolute Gasteiger partial charge is 0.497 e. The third-order valence-corrected chi connectivity index (χ3v) is 6.02.